The highest BCUT2D eigenvalue weighted by molar-refractivity contribution is 5.22. The van der Waals surface area contributed by atoms with Crippen LogP contribution in [0.25, 0.3) is 0 Å². The van der Waals surface area contributed by atoms with E-state index in [1.807, 2.05) is 12.1 Å². The minimum absolute atomic E-state index is 0.167. The summed E-state index contributed by atoms with van der Waals surface area (Å²) < 4.78 is 12.9. The van der Waals surface area contributed by atoms with Crippen molar-refractivity contribution in [2.24, 2.45) is 11.7 Å². The van der Waals surface area contributed by atoms with E-state index in [4.69, 9.17) is 5.73 Å². The average molecular weight is 221 g/mol. The highest BCUT2D eigenvalue weighted by atomic mass is 19.1. The van der Waals surface area contributed by atoms with E-state index in [1.54, 1.807) is 0 Å². The Bertz CT molecular complexity index is 333. The van der Waals surface area contributed by atoms with E-state index in [0.717, 1.165) is 18.8 Å². The molecule has 1 aliphatic rings. The summed E-state index contributed by atoms with van der Waals surface area (Å²) in [4.78, 5) is 0. The summed E-state index contributed by atoms with van der Waals surface area (Å²) in [7, 11) is 0. The minimum atomic E-state index is -0.167. The highest BCUT2D eigenvalue weighted by Gasteiger charge is 2.28. The van der Waals surface area contributed by atoms with Crippen LogP contribution in [0.5, 0.6) is 0 Å². The Hall–Kier alpha value is -0.890. The third-order valence-corrected chi connectivity index (χ3v) is 3.89. The van der Waals surface area contributed by atoms with Crippen LogP contribution in [0.2, 0.25) is 0 Å². The predicted molar refractivity (Wildman–Crippen MR) is 64.7 cm³/mol. The zero-order chi connectivity index (χ0) is 11.5. The van der Waals surface area contributed by atoms with Gasteiger partial charge in [-0.15, -0.1) is 0 Å². The van der Waals surface area contributed by atoms with Crippen LogP contribution >= 0.6 is 0 Å². The fourth-order valence-electron chi connectivity index (χ4n) is 2.75. The molecular weight excluding hydrogens is 201 g/mol. The van der Waals surface area contributed by atoms with Crippen LogP contribution in [0.1, 0.15) is 44.1 Å². The van der Waals surface area contributed by atoms with Gasteiger partial charge in [-0.25, -0.2) is 4.39 Å². The molecule has 3 unspecified atom stereocenters. The first kappa shape index (κ1) is 11.6. The molecule has 0 saturated heterocycles. The Morgan fingerprint density at radius 3 is 2.56 bits per heavy atom. The largest absolute Gasteiger partial charge is 0.327 e. The molecule has 2 heteroatoms. The summed E-state index contributed by atoms with van der Waals surface area (Å²) in [6.07, 6.45) is 4.73. The van der Waals surface area contributed by atoms with Gasteiger partial charge in [0, 0.05) is 6.04 Å². The summed E-state index contributed by atoms with van der Waals surface area (Å²) in [6.45, 7) is 2.24. The molecule has 1 aromatic rings. The quantitative estimate of drug-likeness (QED) is 0.813. The maximum Gasteiger partial charge on any atom is 0.123 e. The summed E-state index contributed by atoms with van der Waals surface area (Å²) >= 11 is 0. The van der Waals surface area contributed by atoms with Gasteiger partial charge >= 0.3 is 0 Å². The first-order valence-corrected chi connectivity index (χ1v) is 6.21. The van der Waals surface area contributed by atoms with Gasteiger partial charge in [0.1, 0.15) is 5.82 Å². The topological polar surface area (TPSA) is 26.0 Å². The van der Waals surface area contributed by atoms with Gasteiger partial charge in [-0.2, -0.15) is 0 Å². The zero-order valence-corrected chi connectivity index (χ0v) is 9.83. The Morgan fingerprint density at radius 1 is 1.25 bits per heavy atom. The molecule has 0 bridgehead atoms. The van der Waals surface area contributed by atoms with E-state index >= 15 is 0 Å². The van der Waals surface area contributed by atoms with Gasteiger partial charge in [0.15, 0.2) is 0 Å². The maximum atomic E-state index is 12.9. The van der Waals surface area contributed by atoms with Gasteiger partial charge in [0.2, 0.25) is 0 Å². The lowest BCUT2D eigenvalue weighted by Crippen LogP contribution is -2.34. The Balaban J connectivity index is 2.14. The molecule has 16 heavy (non-hydrogen) atoms. The second-order valence-electron chi connectivity index (χ2n) is 4.91. The average Bonchev–Trinajstić information content (AvgIpc) is 2.31. The lowest BCUT2D eigenvalue weighted by Gasteiger charge is -2.34. The molecule has 1 nitrogen and oxygen atoms in total. The van der Waals surface area contributed by atoms with Crippen molar-refractivity contribution in [1.82, 2.24) is 0 Å². The normalized spacial score (nSPS) is 30.3. The van der Waals surface area contributed by atoms with Crippen molar-refractivity contribution in [2.75, 3.05) is 0 Å². The summed E-state index contributed by atoms with van der Waals surface area (Å²) in [5, 5.41) is 0. The van der Waals surface area contributed by atoms with Crippen molar-refractivity contribution in [2.45, 2.75) is 44.6 Å². The van der Waals surface area contributed by atoms with E-state index < -0.39 is 0 Å². The third kappa shape index (κ3) is 2.43. The van der Waals surface area contributed by atoms with Crippen LogP contribution in [-0.4, -0.2) is 6.04 Å². The molecule has 2 N–H and O–H groups in total. The predicted octanol–water partition coefficient (Wildman–Crippen LogP) is 3.45. The van der Waals surface area contributed by atoms with Crippen molar-refractivity contribution < 1.29 is 4.39 Å². The van der Waals surface area contributed by atoms with Crippen molar-refractivity contribution in [1.29, 1.82) is 0 Å². The van der Waals surface area contributed by atoms with E-state index in [1.165, 1.54) is 30.5 Å². The number of halogens is 1. The van der Waals surface area contributed by atoms with E-state index in [0.29, 0.717) is 5.92 Å². The van der Waals surface area contributed by atoms with Gasteiger partial charge in [0.25, 0.3) is 0 Å². The molecule has 1 aliphatic carbocycles. The number of rotatable bonds is 2. The number of hydrogen-bond donors (Lipinski definition) is 1. The third-order valence-electron chi connectivity index (χ3n) is 3.89. The molecule has 0 amide bonds. The maximum absolute atomic E-state index is 12.9. The summed E-state index contributed by atoms with van der Waals surface area (Å²) in [5.74, 6) is 1.04. The lowest BCUT2D eigenvalue weighted by atomic mass is 9.74. The number of benzene rings is 1. The molecule has 88 valence electrons. The molecule has 0 aromatic heterocycles. The smallest absolute Gasteiger partial charge is 0.123 e. The number of hydrogen-bond acceptors (Lipinski definition) is 1. The first-order valence-electron chi connectivity index (χ1n) is 6.21. The standard InChI is InChI=1S/C14H20FN/c1-2-10-3-8-14(16)13(9-10)11-4-6-12(15)7-5-11/h4-7,10,13-14H,2-3,8-9,16H2,1H3. The van der Waals surface area contributed by atoms with Gasteiger partial charge in [0.05, 0.1) is 0 Å². The van der Waals surface area contributed by atoms with Crippen molar-refractivity contribution in [3.05, 3.63) is 35.6 Å². The molecular formula is C14H20FN. The molecule has 2 rings (SSSR count). The fourth-order valence-corrected chi connectivity index (χ4v) is 2.75. The van der Waals surface area contributed by atoms with E-state index in [9.17, 15) is 4.39 Å². The highest BCUT2D eigenvalue weighted by Crippen LogP contribution is 2.36. The van der Waals surface area contributed by atoms with Gasteiger partial charge in [-0.3, -0.25) is 0 Å². The Labute approximate surface area is 96.9 Å². The van der Waals surface area contributed by atoms with Gasteiger partial charge < -0.3 is 5.73 Å². The van der Waals surface area contributed by atoms with Crippen LogP contribution in [0.4, 0.5) is 4.39 Å². The van der Waals surface area contributed by atoms with Crippen molar-refractivity contribution in [3.63, 3.8) is 0 Å². The van der Waals surface area contributed by atoms with E-state index in [2.05, 4.69) is 6.92 Å². The molecule has 1 saturated carbocycles. The summed E-state index contributed by atoms with van der Waals surface area (Å²) in [5.41, 5.74) is 7.37. The van der Waals surface area contributed by atoms with E-state index in [-0.39, 0.29) is 11.9 Å². The monoisotopic (exact) mass is 221 g/mol. The summed E-state index contributed by atoms with van der Waals surface area (Å²) in [6, 6.07) is 7.10. The minimum Gasteiger partial charge on any atom is -0.327 e. The fraction of sp³-hybridized carbons (Fsp3) is 0.571. The molecule has 3 atom stereocenters. The first-order chi connectivity index (χ1) is 7.70. The van der Waals surface area contributed by atoms with Crippen molar-refractivity contribution >= 4 is 0 Å². The SMILES string of the molecule is CCC1CCC(N)C(c2ccc(F)cc2)C1. The molecule has 0 spiro atoms. The Kier molecular flexibility index (Phi) is 3.59. The van der Waals surface area contributed by atoms with Crippen LogP contribution < -0.4 is 5.73 Å². The van der Waals surface area contributed by atoms with Crippen LogP contribution in [-0.2, 0) is 0 Å². The second-order valence-corrected chi connectivity index (χ2v) is 4.91. The second kappa shape index (κ2) is 4.96. The molecule has 0 aliphatic heterocycles. The van der Waals surface area contributed by atoms with Crippen LogP contribution in [0, 0.1) is 11.7 Å². The van der Waals surface area contributed by atoms with Gasteiger partial charge in [-0.1, -0.05) is 25.5 Å². The van der Waals surface area contributed by atoms with Gasteiger partial charge in [-0.05, 0) is 48.8 Å². The van der Waals surface area contributed by atoms with Crippen LogP contribution in [0.15, 0.2) is 24.3 Å². The molecule has 1 aromatic carbocycles. The molecule has 0 heterocycles. The molecule has 1 fully saturated rings. The zero-order valence-electron chi connectivity index (χ0n) is 9.83. The lowest BCUT2D eigenvalue weighted by molar-refractivity contribution is 0.282. The Morgan fingerprint density at radius 2 is 1.94 bits per heavy atom. The molecule has 0 radical (unpaired) electrons. The van der Waals surface area contributed by atoms with Crippen LogP contribution in [0.3, 0.4) is 0 Å². The number of nitrogens with two attached hydrogens (primary N) is 1. The van der Waals surface area contributed by atoms with Crippen molar-refractivity contribution in [3.8, 4) is 0 Å².